The van der Waals surface area contributed by atoms with Gasteiger partial charge in [-0.2, -0.15) is 8.42 Å². The molecule has 0 aliphatic carbocycles. The largest absolute Gasteiger partial charge is 0.393 e. The third kappa shape index (κ3) is 12.1. The summed E-state index contributed by atoms with van der Waals surface area (Å²) in [5.41, 5.74) is 0. The van der Waals surface area contributed by atoms with E-state index in [1.807, 2.05) is 6.92 Å². The van der Waals surface area contributed by atoms with Crippen LogP contribution in [0.25, 0.3) is 0 Å². The van der Waals surface area contributed by atoms with Crippen LogP contribution in [0, 0.1) is 0 Å². The van der Waals surface area contributed by atoms with E-state index < -0.39 is 15.4 Å². The Morgan fingerprint density at radius 1 is 0.762 bits per heavy atom. The Morgan fingerprint density at radius 2 is 1.33 bits per heavy atom. The Bertz CT molecular complexity index is 327. The minimum absolute atomic E-state index is 0.333. The molecule has 0 saturated heterocycles. The van der Waals surface area contributed by atoms with Crippen LogP contribution >= 0.6 is 0 Å². The normalized spacial score (nSPS) is 15.0. The Morgan fingerprint density at radius 3 is 1.90 bits per heavy atom. The molecule has 0 aromatic rings. The van der Waals surface area contributed by atoms with Crippen molar-refractivity contribution in [1.29, 1.82) is 0 Å². The van der Waals surface area contributed by atoms with Crippen LogP contribution in [0.3, 0.4) is 0 Å². The van der Waals surface area contributed by atoms with E-state index >= 15 is 0 Å². The second-order valence-electron chi connectivity index (χ2n) is 6.07. The predicted octanol–water partition coefficient (Wildman–Crippen LogP) is 4.32. The Kier molecular flexibility index (Phi) is 12.3. The summed E-state index contributed by atoms with van der Waals surface area (Å²) < 4.78 is 31.5. The summed E-state index contributed by atoms with van der Waals surface area (Å²) in [6, 6.07) is 0. The van der Waals surface area contributed by atoms with Gasteiger partial charge in [0.15, 0.2) is 0 Å². The van der Waals surface area contributed by atoms with E-state index in [2.05, 4.69) is 6.92 Å². The number of unbranched alkanes of at least 4 members (excludes halogenated alkanes) is 5. The zero-order valence-corrected chi connectivity index (χ0v) is 14.6. The molecular weight excluding hydrogens is 288 g/mol. The molecule has 21 heavy (non-hydrogen) atoms. The Balaban J connectivity index is 3.70. The first-order valence-corrected chi connectivity index (χ1v) is 10.1. The zero-order valence-electron chi connectivity index (χ0n) is 13.8. The summed E-state index contributed by atoms with van der Waals surface area (Å²) in [5, 5.41) is 9.22. The fourth-order valence-electron chi connectivity index (χ4n) is 2.65. The minimum Gasteiger partial charge on any atom is -0.393 e. The van der Waals surface area contributed by atoms with Crippen LogP contribution in [-0.2, 0) is 10.1 Å². The molecule has 0 aromatic heterocycles. The molecule has 2 unspecified atom stereocenters. The molecule has 128 valence electrons. The highest BCUT2D eigenvalue weighted by Gasteiger charge is 2.21. The van der Waals surface area contributed by atoms with Gasteiger partial charge >= 0.3 is 0 Å². The van der Waals surface area contributed by atoms with Crippen LogP contribution in [0.5, 0.6) is 0 Å². The predicted molar refractivity (Wildman–Crippen MR) is 88.1 cm³/mol. The van der Waals surface area contributed by atoms with Gasteiger partial charge in [-0.3, -0.25) is 4.55 Å². The maximum absolute atomic E-state index is 11.2. The number of rotatable bonds is 14. The van der Waals surface area contributed by atoms with Crippen molar-refractivity contribution in [2.75, 3.05) is 0 Å². The second-order valence-corrected chi connectivity index (χ2v) is 7.76. The van der Waals surface area contributed by atoms with Crippen molar-refractivity contribution < 1.29 is 18.1 Å². The van der Waals surface area contributed by atoms with Gasteiger partial charge < -0.3 is 5.11 Å². The molecule has 0 aromatic carbocycles. The molecule has 0 radical (unpaired) electrons. The highest BCUT2D eigenvalue weighted by atomic mass is 32.2. The van der Waals surface area contributed by atoms with Crippen LogP contribution in [0.2, 0.25) is 0 Å². The molecule has 2 N–H and O–H groups in total. The lowest BCUT2D eigenvalue weighted by atomic mass is 10.0. The van der Waals surface area contributed by atoms with E-state index in [9.17, 15) is 13.5 Å². The Hall–Kier alpha value is -0.130. The van der Waals surface area contributed by atoms with E-state index in [1.54, 1.807) is 0 Å². The number of aliphatic hydroxyl groups excluding tert-OH is 1. The summed E-state index contributed by atoms with van der Waals surface area (Å²) in [7, 11) is -3.94. The number of aliphatic hydroxyl groups is 1. The molecule has 0 bridgehead atoms. The number of hydrogen-bond donors (Lipinski definition) is 2. The first-order chi connectivity index (χ1) is 9.91. The molecule has 0 saturated carbocycles. The minimum atomic E-state index is -3.94. The molecule has 0 amide bonds. The van der Waals surface area contributed by atoms with Gasteiger partial charge in [0.25, 0.3) is 10.1 Å². The van der Waals surface area contributed by atoms with Crippen LogP contribution in [0.4, 0.5) is 0 Å². The van der Waals surface area contributed by atoms with E-state index in [-0.39, 0.29) is 6.10 Å². The zero-order chi connectivity index (χ0) is 16.1. The summed E-state index contributed by atoms with van der Waals surface area (Å²) in [5.74, 6) is 0. The maximum atomic E-state index is 11.2. The van der Waals surface area contributed by atoms with E-state index in [0.717, 1.165) is 19.3 Å². The average Bonchev–Trinajstić information content (AvgIpc) is 2.40. The molecule has 4 nitrogen and oxygen atoms in total. The van der Waals surface area contributed by atoms with Crippen molar-refractivity contribution in [3.8, 4) is 0 Å². The van der Waals surface area contributed by atoms with Gasteiger partial charge in [0.05, 0.1) is 11.4 Å². The van der Waals surface area contributed by atoms with Crippen molar-refractivity contribution in [2.45, 2.75) is 102 Å². The van der Waals surface area contributed by atoms with Gasteiger partial charge in [-0.25, -0.2) is 0 Å². The third-order valence-electron chi connectivity index (χ3n) is 3.99. The summed E-state index contributed by atoms with van der Waals surface area (Å²) in [6.07, 6.45) is 10.7. The molecule has 0 aliphatic rings. The highest BCUT2D eigenvalue weighted by molar-refractivity contribution is 7.86. The molecule has 0 heterocycles. The summed E-state index contributed by atoms with van der Waals surface area (Å²) >= 11 is 0. The maximum Gasteiger partial charge on any atom is 0.267 e. The van der Waals surface area contributed by atoms with Crippen LogP contribution in [0.1, 0.15) is 90.9 Å². The first kappa shape index (κ1) is 20.9. The van der Waals surface area contributed by atoms with E-state index in [1.165, 1.54) is 32.1 Å². The lowest BCUT2D eigenvalue weighted by Gasteiger charge is -2.14. The monoisotopic (exact) mass is 322 g/mol. The molecule has 2 atom stereocenters. The average molecular weight is 323 g/mol. The van der Waals surface area contributed by atoms with Crippen molar-refractivity contribution in [3.05, 3.63) is 0 Å². The van der Waals surface area contributed by atoms with Crippen LogP contribution in [0.15, 0.2) is 0 Å². The SMILES string of the molecule is CCCCCCCCC(O)CCCC(CCC)S(=O)(=O)O. The quantitative estimate of drug-likeness (QED) is 0.369. The molecule has 0 fully saturated rings. The number of hydrogen-bond acceptors (Lipinski definition) is 3. The molecular formula is C16H34O4S. The van der Waals surface area contributed by atoms with Gasteiger partial charge in [-0.05, 0) is 32.1 Å². The lowest BCUT2D eigenvalue weighted by molar-refractivity contribution is 0.147. The molecule has 0 aliphatic heterocycles. The van der Waals surface area contributed by atoms with Crippen LogP contribution in [-0.4, -0.2) is 29.4 Å². The topological polar surface area (TPSA) is 74.6 Å². The smallest absolute Gasteiger partial charge is 0.267 e. The van der Waals surface area contributed by atoms with Crippen molar-refractivity contribution in [3.63, 3.8) is 0 Å². The lowest BCUT2D eigenvalue weighted by Crippen LogP contribution is -2.21. The second kappa shape index (κ2) is 12.4. The van der Waals surface area contributed by atoms with E-state index in [0.29, 0.717) is 25.7 Å². The molecule has 5 heteroatoms. The van der Waals surface area contributed by atoms with Gasteiger partial charge in [-0.1, -0.05) is 58.8 Å². The van der Waals surface area contributed by atoms with Crippen molar-refractivity contribution >= 4 is 10.1 Å². The van der Waals surface area contributed by atoms with Gasteiger partial charge in [-0.15, -0.1) is 0 Å². The molecule has 0 rings (SSSR count). The standard InChI is InChI=1S/C16H34O4S/c1-3-5-6-7-8-9-12-15(17)13-10-14-16(11-4-2)21(18,19)20/h15-17H,3-14H2,1-2H3,(H,18,19,20). The van der Waals surface area contributed by atoms with Crippen LogP contribution < -0.4 is 0 Å². The fraction of sp³-hybridized carbons (Fsp3) is 1.00. The summed E-state index contributed by atoms with van der Waals surface area (Å²) in [4.78, 5) is 0. The van der Waals surface area contributed by atoms with Gasteiger partial charge in [0.2, 0.25) is 0 Å². The van der Waals surface area contributed by atoms with E-state index in [4.69, 9.17) is 4.55 Å². The summed E-state index contributed by atoms with van der Waals surface area (Å²) in [6.45, 7) is 4.10. The first-order valence-electron chi connectivity index (χ1n) is 8.56. The molecule has 0 spiro atoms. The fourth-order valence-corrected chi connectivity index (χ4v) is 3.65. The Labute approximate surface area is 131 Å². The highest BCUT2D eigenvalue weighted by Crippen LogP contribution is 2.17. The van der Waals surface area contributed by atoms with Gasteiger partial charge in [0.1, 0.15) is 0 Å². The van der Waals surface area contributed by atoms with Crippen molar-refractivity contribution in [2.24, 2.45) is 0 Å². The van der Waals surface area contributed by atoms with Crippen molar-refractivity contribution in [1.82, 2.24) is 0 Å². The third-order valence-corrected chi connectivity index (χ3v) is 5.30. The van der Waals surface area contributed by atoms with Gasteiger partial charge in [0, 0.05) is 0 Å².